The lowest BCUT2D eigenvalue weighted by atomic mass is 9.93. The van der Waals surface area contributed by atoms with Gasteiger partial charge >= 0.3 is 0 Å². The zero-order valence-electron chi connectivity index (χ0n) is 17.2. The molecule has 1 saturated heterocycles. The van der Waals surface area contributed by atoms with Gasteiger partial charge in [-0.05, 0) is 57.0 Å². The van der Waals surface area contributed by atoms with Crippen molar-refractivity contribution in [2.45, 2.75) is 32.7 Å². The number of aromatic nitrogens is 3. The third-order valence-corrected chi connectivity index (χ3v) is 5.77. The lowest BCUT2D eigenvalue weighted by molar-refractivity contribution is 0.0505. The van der Waals surface area contributed by atoms with Gasteiger partial charge in [0.1, 0.15) is 5.75 Å². The molecule has 2 atom stereocenters. The molecule has 1 aliphatic heterocycles. The predicted molar refractivity (Wildman–Crippen MR) is 116 cm³/mol. The minimum Gasteiger partial charge on any atom is -0.493 e. The minimum atomic E-state index is 0.00551. The lowest BCUT2D eigenvalue weighted by Crippen LogP contribution is -2.47. The molecule has 1 fully saturated rings. The summed E-state index contributed by atoms with van der Waals surface area (Å²) in [5, 5.41) is 9.08. The Hall–Kier alpha value is -2.86. The van der Waals surface area contributed by atoms with Crippen LogP contribution in [0.15, 0.2) is 54.9 Å². The lowest BCUT2D eigenvalue weighted by Gasteiger charge is -2.38. The molecule has 3 aromatic rings. The number of piperidine rings is 1. The highest BCUT2D eigenvalue weighted by Crippen LogP contribution is 2.27. The molecule has 0 bridgehead atoms. The largest absolute Gasteiger partial charge is 0.493 e. The monoisotopic (exact) mass is 424 g/mol. The van der Waals surface area contributed by atoms with Gasteiger partial charge in [-0.3, -0.25) is 4.79 Å². The zero-order chi connectivity index (χ0) is 21.1. The number of aryl methyl sites for hydroxylation is 1. The topological polar surface area (TPSA) is 60.2 Å². The number of carbonyl (C=O) groups is 1. The van der Waals surface area contributed by atoms with Crippen molar-refractivity contribution >= 4 is 17.5 Å². The van der Waals surface area contributed by atoms with E-state index in [4.69, 9.17) is 16.3 Å². The van der Waals surface area contributed by atoms with Crippen LogP contribution in [0, 0.1) is 12.8 Å². The Morgan fingerprint density at radius 3 is 2.73 bits per heavy atom. The Bertz CT molecular complexity index is 1020. The SMILES string of the molecule is Cc1ccc(-n2nccn2)c(C(=O)N2CC(COc3cccc(Cl)c3)CC[C@@H]2C)c1. The summed E-state index contributed by atoms with van der Waals surface area (Å²) in [4.78, 5) is 17.0. The number of carbonyl (C=O) groups excluding carboxylic acids is 1. The number of amides is 1. The maximum Gasteiger partial charge on any atom is 0.256 e. The van der Waals surface area contributed by atoms with Crippen molar-refractivity contribution in [3.8, 4) is 11.4 Å². The van der Waals surface area contributed by atoms with Gasteiger partial charge in [0.25, 0.3) is 5.91 Å². The van der Waals surface area contributed by atoms with Crippen LogP contribution in [-0.4, -0.2) is 45.0 Å². The van der Waals surface area contributed by atoms with Crippen molar-refractivity contribution in [3.05, 3.63) is 71.0 Å². The molecule has 1 aliphatic rings. The standard InChI is InChI=1S/C23H25ClN4O2/c1-16-6-9-22(28-25-10-11-26-28)21(12-16)23(29)27-14-18(8-7-17(27)2)15-30-20-5-3-4-19(24)13-20/h3-6,9-13,17-18H,7-8,14-15H2,1-2H3/t17-,18?/m0/s1. The second-order valence-corrected chi connectivity index (χ2v) is 8.29. The number of nitrogens with zero attached hydrogens (tertiary/aromatic N) is 4. The zero-order valence-corrected chi connectivity index (χ0v) is 17.9. The van der Waals surface area contributed by atoms with E-state index < -0.39 is 0 Å². The fourth-order valence-electron chi connectivity index (χ4n) is 3.86. The summed E-state index contributed by atoms with van der Waals surface area (Å²) in [6.45, 7) is 5.30. The molecule has 2 aromatic carbocycles. The quantitative estimate of drug-likeness (QED) is 0.602. The van der Waals surface area contributed by atoms with Gasteiger partial charge in [0.2, 0.25) is 0 Å². The van der Waals surface area contributed by atoms with E-state index in [1.54, 1.807) is 12.4 Å². The second-order valence-electron chi connectivity index (χ2n) is 7.86. The maximum absolute atomic E-state index is 13.5. The van der Waals surface area contributed by atoms with Gasteiger partial charge in [-0.2, -0.15) is 15.0 Å². The molecule has 0 N–H and O–H groups in total. The fourth-order valence-corrected chi connectivity index (χ4v) is 4.04. The summed E-state index contributed by atoms with van der Waals surface area (Å²) in [5.74, 6) is 1.02. The van der Waals surface area contributed by atoms with Crippen LogP contribution in [0.25, 0.3) is 5.69 Å². The Morgan fingerprint density at radius 1 is 1.17 bits per heavy atom. The van der Waals surface area contributed by atoms with E-state index in [9.17, 15) is 4.79 Å². The van der Waals surface area contributed by atoms with Gasteiger partial charge in [-0.15, -0.1) is 0 Å². The normalized spacial score (nSPS) is 19.0. The number of hydrogen-bond donors (Lipinski definition) is 0. The van der Waals surface area contributed by atoms with Crippen LogP contribution in [-0.2, 0) is 0 Å². The first-order valence-electron chi connectivity index (χ1n) is 10.2. The maximum atomic E-state index is 13.5. The summed E-state index contributed by atoms with van der Waals surface area (Å²) in [6.07, 6.45) is 5.19. The van der Waals surface area contributed by atoms with E-state index in [-0.39, 0.29) is 17.9 Å². The molecule has 0 radical (unpaired) electrons. The number of ether oxygens (including phenoxy) is 1. The van der Waals surface area contributed by atoms with Crippen LogP contribution in [0.2, 0.25) is 5.02 Å². The first kappa shape index (κ1) is 20.4. The highest BCUT2D eigenvalue weighted by molar-refractivity contribution is 6.30. The average Bonchev–Trinajstić information content (AvgIpc) is 3.27. The summed E-state index contributed by atoms with van der Waals surface area (Å²) >= 11 is 6.04. The van der Waals surface area contributed by atoms with Crippen LogP contribution in [0.3, 0.4) is 0 Å². The molecular formula is C23H25ClN4O2. The van der Waals surface area contributed by atoms with Crippen molar-refractivity contribution in [3.63, 3.8) is 0 Å². The Kier molecular flexibility index (Phi) is 6.04. The molecule has 1 amide bonds. The van der Waals surface area contributed by atoms with Crippen molar-refractivity contribution in [1.82, 2.24) is 19.9 Å². The van der Waals surface area contributed by atoms with Crippen molar-refractivity contribution in [2.24, 2.45) is 5.92 Å². The van der Waals surface area contributed by atoms with E-state index in [2.05, 4.69) is 17.1 Å². The number of likely N-dealkylation sites (tertiary alicyclic amines) is 1. The van der Waals surface area contributed by atoms with E-state index in [1.165, 1.54) is 4.80 Å². The molecular weight excluding hydrogens is 400 g/mol. The van der Waals surface area contributed by atoms with Crippen molar-refractivity contribution in [1.29, 1.82) is 0 Å². The van der Waals surface area contributed by atoms with E-state index >= 15 is 0 Å². The summed E-state index contributed by atoms with van der Waals surface area (Å²) in [6, 6.07) is 13.4. The molecule has 4 rings (SSSR count). The molecule has 0 saturated carbocycles. The fraction of sp³-hybridized carbons (Fsp3) is 0.348. The Morgan fingerprint density at radius 2 is 1.97 bits per heavy atom. The molecule has 0 spiro atoms. The van der Waals surface area contributed by atoms with Gasteiger partial charge in [0.15, 0.2) is 0 Å². The number of hydrogen-bond acceptors (Lipinski definition) is 4. The number of benzene rings is 2. The van der Waals surface area contributed by atoms with Gasteiger partial charge in [-0.1, -0.05) is 29.3 Å². The number of rotatable bonds is 5. The molecule has 1 aromatic heterocycles. The van der Waals surface area contributed by atoms with E-state index in [0.717, 1.165) is 24.2 Å². The first-order valence-corrected chi connectivity index (χ1v) is 10.6. The van der Waals surface area contributed by atoms with Crippen LogP contribution in [0.5, 0.6) is 5.75 Å². The smallest absolute Gasteiger partial charge is 0.256 e. The third kappa shape index (κ3) is 4.49. The Labute approximate surface area is 181 Å². The highest BCUT2D eigenvalue weighted by atomic mass is 35.5. The van der Waals surface area contributed by atoms with Gasteiger partial charge in [-0.25, -0.2) is 0 Å². The van der Waals surface area contributed by atoms with Gasteiger partial charge in [0, 0.05) is 23.5 Å². The molecule has 156 valence electrons. The molecule has 0 aliphatic carbocycles. The number of halogens is 1. The molecule has 7 heteroatoms. The minimum absolute atomic E-state index is 0.00551. The van der Waals surface area contributed by atoms with Crippen molar-refractivity contribution in [2.75, 3.05) is 13.2 Å². The van der Waals surface area contributed by atoms with Crippen LogP contribution < -0.4 is 4.74 Å². The summed E-state index contributed by atoms with van der Waals surface area (Å²) in [7, 11) is 0. The van der Waals surface area contributed by atoms with E-state index in [1.807, 2.05) is 54.3 Å². The molecule has 30 heavy (non-hydrogen) atoms. The van der Waals surface area contributed by atoms with Crippen molar-refractivity contribution < 1.29 is 9.53 Å². The van der Waals surface area contributed by atoms with E-state index in [0.29, 0.717) is 29.4 Å². The predicted octanol–water partition coefficient (Wildman–Crippen LogP) is 4.55. The molecule has 6 nitrogen and oxygen atoms in total. The molecule has 2 heterocycles. The Balaban J connectivity index is 1.51. The van der Waals surface area contributed by atoms with Crippen LogP contribution in [0.1, 0.15) is 35.7 Å². The average molecular weight is 425 g/mol. The second kappa shape index (κ2) is 8.88. The van der Waals surface area contributed by atoms with Crippen LogP contribution in [0.4, 0.5) is 0 Å². The highest BCUT2D eigenvalue weighted by Gasteiger charge is 2.31. The summed E-state index contributed by atoms with van der Waals surface area (Å²) < 4.78 is 5.95. The summed E-state index contributed by atoms with van der Waals surface area (Å²) in [5.41, 5.74) is 2.34. The van der Waals surface area contributed by atoms with Gasteiger partial charge in [0.05, 0.1) is 30.3 Å². The third-order valence-electron chi connectivity index (χ3n) is 5.54. The van der Waals surface area contributed by atoms with Gasteiger partial charge < -0.3 is 9.64 Å². The molecule has 1 unspecified atom stereocenters. The van der Waals surface area contributed by atoms with Crippen LogP contribution >= 0.6 is 11.6 Å². The first-order chi connectivity index (χ1) is 14.5.